The van der Waals surface area contributed by atoms with Gasteiger partial charge in [0.1, 0.15) is 16.7 Å². The number of nitrogens with one attached hydrogen (secondary N) is 1. The number of amides is 1. The zero-order chi connectivity index (χ0) is 17.8. The number of thiazole rings is 1. The number of thioether (sulfide) groups is 1. The number of halogens is 1. The van der Waals surface area contributed by atoms with Gasteiger partial charge < -0.3 is 5.32 Å². The number of carbonyl (C=O) groups is 1. The summed E-state index contributed by atoms with van der Waals surface area (Å²) in [7, 11) is 0. The monoisotopic (exact) mass is 374 g/mol. The molecular weight excluding hydrogens is 359 g/mol. The first kappa shape index (κ1) is 17.5. The molecule has 0 bridgehead atoms. The zero-order valence-electron chi connectivity index (χ0n) is 13.6. The van der Waals surface area contributed by atoms with Crippen molar-refractivity contribution in [2.45, 2.75) is 18.9 Å². The van der Waals surface area contributed by atoms with Gasteiger partial charge in [-0.2, -0.15) is 0 Å². The standard InChI is InChI=1S/C17H15FN4OS2/c1-10-7-16(20-11(2)19-10)24-9-15(23)22-17-21-14(8-25-17)12-3-5-13(18)6-4-12/h3-8H,9H2,1-2H3,(H,21,22,23). The highest BCUT2D eigenvalue weighted by Crippen LogP contribution is 2.25. The van der Waals surface area contributed by atoms with Crippen molar-refractivity contribution in [1.29, 1.82) is 0 Å². The Bertz CT molecular complexity index is 876. The number of carbonyl (C=O) groups excluding carboxylic acids is 1. The average Bonchev–Trinajstić information content (AvgIpc) is 3.01. The molecule has 1 N–H and O–H groups in total. The van der Waals surface area contributed by atoms with Crippen LogP contribution in [0.3, 0.4) is 0 Å². The minimum atomic E-state index is -0.292. The molecule has 5 nitrogen and oxygen atoms in total. The first-order chi connectivity index (χ1) is 12.0. The summed E-state index contributed by atoms with van der Waals surface area (Å²) in [6, 6.07) is 7.93. The summed E-state index contributed by atoms with van der Waals surface area (Å²) in [6.45, 7) is 3.72. The number of benzene rings is 1. The van der Waals surface area contributed by atoms with Gasteiger partial charge in [-0.05, 0) is 44.2 Å². The van der Waals surface area contributed by atoms with E-state index in [0.29, 0.717) is 16.6 Å². The third-order valence-electron chi connectivity index (χ3n) is 3.18. The molecule has 0 spiro atoms. The maximum Gasteiger partial charge on any atom is 0.236 e. The number of nitrogens with zero attached hydrogens (tertiary/aromatic N) is 3. The average molecular weight is 374 g/mol. The Morgan fingerprint density at radius 2 is 1.96 bits per heavy atom. The summed E-state index contributed by atoms with van der Waals surface area (Å²) in [6.07, 6.45) is 0. The minimum absolute atomic E-state index is 0.154. The highest BCUT2D eigenvalue weighted by molar-refractivity contribution is 7.99. The number of rotatable bonds is 5. The molecule has 0 saturated carbocycles. The second kappa shape index (κ2) is 7.71. The van der Waals surface area contributed by atoms with Crippen molar-refractivity contribution >= 4 is 34.1 Å². The fourth-order valence-electron chi connectivity index (χ4n) is 2.14. The lowest BCUT2D eigenvalue weighted by Crippen LogP contribution is -2.14. The second-order valence-corrected chi connectivity index (χ2v) is 7.13. The van der Waals surface area contributed by atoms with Gasteiger partial charge in [0.25, 0.3) is 0 Å². The summed E-state index contributed by atoms with van der Waals surface area (Å²) in [5.74, 6) is 0.479. The van der Waals surface area contributed by atoms with Gasteiger partial charge >= 0.3 is 0 Å². The Balaban J connectivity index is 1.59. The Kier molecular flexibility index (Phi) is 5.40. The molecule has 25 heavy (non-hydrogen) atoms. The Morgan fingerprint density at radius 3 is 2.68 bits per heavy atom. The molecular formula is C17H15FN4OS2. The van der Waals surface area contributed by atoms with Crippen LogP contribution in [0.5, 0.6) is 0 Å². The fraction of sp³-hybridized carbons (Fsp3) is 0.176. The van der Waals surface area contributed by atoms with E-state index in [1.165, 1.54) is 35.2 Å². The molecule has 0 aliphatic heterocycles. The van der Waals surface area contributed by atoms with Gasteiger partial charge in [-0.3, -0.25) is 4.79 Å². The van der Waals surface area contributed by atoms with E-state index in [9.17, 15) is 9.18 Å². The van der Waals surface area contributed by atoms with E-state index in [-0.39, 0.29) is 17.5 Å². The third-order valence-corrected chi connectivity index (χ3v) is 4.85. The van der Waals surface area contributed by atoms with E-state index in [0.717, 1.165) is 16.3 Å². The van der Waals surface area contributed by atoms with Crippen LogP contribution in [-0.2, 0) is 4.79 Å². The Labute approximate surface area is 152 Å². The molecule has 3 aromatic rings. The number of anilines is 1. The highest BCUT2D eigenvalue weighted by Gasteiger charge is 2.10. The normalized spacial score (nSPS) is 10.7. The molecule has 8 heteroatoms. The highest BCUT2D eigenvalue weighted by atomic mass is 32.2. The van der Waals surface area contributed by atoms with Gasteiger partial charge in [-0.15, -0.1) is 11.3 Å². The van der Waals surface area contributed by atoms with Gasteiger partial charge in [0, 0.05) is 16.6 Å². The smallest absolute Gasteiger partial charge is 0.236 e. The lowest BCUT2D eigenvalue weighted by atomic mass is 10.2. The Morgan fingerprint density at radius 1 is 1.20 bits per heavy atom. The van der Waals surface area contributed by atoms with Crippen molar-refractivity contribution in [1.82, 2.24) is 15.0 Å². The minimum Gasteiger partial charge on any atom is -0.301 e. The summed E-state index contributed by atoms with van der Waals surface area (Å²) in [4.78, 5) is 25.0. The maximum absolute atomic E-state index is 13.0. The topological polar surface area (TPSA) is 67.8 Å². The van der Waals surface area contributed by atoms with Crippen molar-refractivity contribution < 1.29 is 9.18 Å². The Hall–Kier alpha value is -2.32. The second-order valence-electron chi connectivity index (χ2n) is 5.28. The van der Waals surface area contributed by atoms with Crippen molar-refractivity contribution in [3.05, 3.63) is 53.0 Å². The van der Waals surface area contributed by atoms with E-state index in [1.54, 1.807) is 12.1 Å². The van der Waals surface area contributed by atoms with Crippen LogP contribution in [0.4, 0.5) is 9.52 Å². The molecule has 0 aliphatic rings. The van der Waals surface area contributed by atoms with Crippen LogP contribution < -0.4 is 5.32 Å². The molecule has 0 atom stereocenters. The van der Waals surface area contributed by atoms with Gasteiger partial charge in [-0.1, -0.05) is 11.8 Å². The number of hydrogen-bond acceptors (Lipinski definition) is 6. The van der Waals surface area contributed by atoms with Crippen LogP contribution in [-0.4, -0.2) is 26.6 Å². The molecule has 128 valence electrons. The molecule has 0 fully saturated rings. The van der Waals surface area contributed by atoms with Crippen molar-refractivity contribution in [3.63, 3.8) is 0 Å². The molecule has 2 aromatic heterocycles. The quantitative estimate of drug-likeness (QED) is 0.538. The van der Waals surface area contributed by atoms with Crippen molar-refractivity contribution in [3.8, 4) is 11.3 Å². The predicted octanol–water partition coefficient (Wildman–Crippen LogP) is 4.09. The van der Waals surface area contributed by atoms with E-state index in [2.05, 4.69) is 20.3 Å². The van der Waals surface area contributed by atoms with Crippen LogP contribution in [0.15, 0.2) is 40.7 Å². The molecule has 3 rings (SSSR count). The molecule has 0 saturated heterocycles. The summed E-state index contributed by atoms with van der Waals surface area (Å²) >= 11 is 2.68. The molecule has 1 amide bonds. The summed E-state index contributed by atoms with van der Waals surface area (Å²) in [5, 5.41) is 5.88. The van der Waals surface area contributed by atoms with E-state index < -0.39 is 0 Å². The van der Waals surface area contributed by atoms with E-state index in [4.69, 9.17) is 0 Å². The number of aromatic nitrogens is 3. The zero-order valence-corrected chi connectivity index (χ0v) is 15.2. The fourth-order valence-corrected chi connectivity index (χ4v) is 3.67. The first-order valence-electron chi connectivity index (χ1n) is 7.46. The first-order valence-corrected chi connectivity index (χ1v) is 9.32. The number of hydrogen-bond donors (Lipinski definition) is 1. The van der Waals surface area contributed by atoms with Crippen molar-refractivity contribution in [2.24, 2.45) is 0 Å². The lowest BCUT2D eigenvalue weighted by molar-refractivity contribution is -0.113. The number of aryl methyl sites for hydroxylation is 2. The predicted molar refractivity (Wildman–Crippen MR) is 98.4 cm³/mol. The molecule has 1 aromatic carbocycles. The molecule has 2 heterocycles. The maximum atomic E-state index is 13.0. The lowest BCUT2D eigenvalue weighted by Gasteiger charge is -2.03. The van der Waals surface area contributed by atoms with Gasteiger partial charge in [0.15, 0.2) is 5.13 Å². The van der Waals surface area contributed by atoms with Crippen LogP contribution in [0.2, 0.25) is 0 Å². The van der Waals surface area contributed by atoms with Gasteiger partial charge in [0.05, 0.1) is 11.4 Å². The van der Waals surface area contributed by atoms with Crippen LogP contribution in [0.25, 0.3) is 11.3 Å². The van der Waals surface area contributed by atoms with E-state index >= 15 is 0 Å². The SMILES string of the molecule is Cc1cc(SCC(=O)Nc2nc(-c3ccc(F)cc3)cs2)nc(C)n1. The third kappa shape index (κ3) is 4.83. The molecule has 0 aliphatic carbocycles. The van der Waals surface area contributed by atoms with Gasteiger partial charge in [0.2, 0.25) is 5.91 Å². The summed E-state index contributed by atoms with van der Waals surface area (Å²) in [5.41, 5.74) is 2.38. The van der Waals surface area contributed by atoms with Crippen molar-refractivity contribution in [2.75, 3.05) is 11.1 Å². The van der Waals surface area contributed by atoms with Crippen LogP contribution in [0.1, 0.15) is 11.5 Å². The van der Waals surface area contributed by atoms with Crippen LogP contribution >= 0.6 is 23.1 Å². The van der Waals surface area contributed by atoms with E-state index in [1.807, 2.05) is 25.3 Å². The largest absolute Gasteiger partial charge is 0.301 e. The van der Waals surface area contributed by atoms with Crippen LogP contribution in [0, 0.1) is 19.7 Å². The molecule has 0 unspecified atom stereocenters. The summed E-state index contributed by atoms with van der Waals surface area (Å²) < 4.78 is 13.0. The van der Waals surface area contributed by atoms with Gasteiger partial charge in [-0.25, -0.2) is 19.3 Å². The molecule has 0 radical (unpaired) electrons.